The van der Waals surface area contributed by atoms with E-state index in [0.717, 1.165) is 24.9 Å². The minimum absolute atomic E-state index is 0.294. The largest absolute Gasteiger partial charge is 0.299 e. The first kappa shape index (κ1) is 13.8. The van der Waals surface area contributed by atoms with Crippen molar-refractivity contribution >= 4 is 5.78 Å². The molecule has 2 fully saturated rings. The molecule has 0 atom stereocenters. The zero-order chi connectivity index (χ0) is 13.8. The van der Waals surface area contributed by atoms with Crippen molar-refractivity contribution in [2.45, 2.75) is 51.5 Å². The maximum Gasteiger partial charge on any atom is 0.165 e. The Kier molecular flexibility index (Phi) is 4.51. The lowest BCUT2D eigenvalue weighted by Gasteiger charge is -2.26. The molecule has 0 N–H and O–H groups in total. The summed E-state index contributed by atoms with van der Waals surface area (Å²) in [5, 5.41) is 0. The zero-order valence-electron chi connectivity index (χ0n) is 12.3. The molecule has 0 amide bonds. The van der Waals surface area contributed by atoms with E-state index < -0.39 is 0 Å². The van der Waals surface area contributed by atoms with Gasteiger partial charge in [-0.05, 0) is 44.3 Å². The smallest absolute Gasteiger partial charge is 0.165 e. The SMILES string of the molecule is O=C(c1ccc(CN2CCCCC2)cc1)C1CCCC1. The average Bonchev–Trinajstić information content (AvgIpc) is 3.03. The van der Waals surface area contributed by atoms with E-state index in [-0.39, 0.29) is 0 Å². The fraction of sp³-hybridized carbons (Fsp3) is 0.611. The minimum atomic E-state index is 0.294. The summed E-state index contributed by atoms with van der Waals surface area (Å²) in [6.07, 6.45) is 8.68. The van der Waals surface area contributed by atoms with Crippen LogP contribution < -0.4 is 0 Å². The highest BCUT2D eigenvalue weighted by Gasteiger charge is 2.23. The molecule has 1 aliphatic heterocycles. The molecule has 0 radical (unpaired) electrons. The highest BCUT2D eigenvalue weighted by Crippen LogP contribution is 2.28. The Balaban J connectivity index is 1.60. The van der Waals surface area contributed by atoms with Crippen LogP contribution in [-0.2, 0) is 6.54 Å². The first-order chi connectivity index (χ1) is 9.83. The molecule has 1 aliphatic carbocycles. The zero-order valence-corrected chi connectivity index (χ0v) is 12.3. The molecule has 1 saturated carbocycles. The van der Waals surface area contributed by atoms with Crippen LogP contribution in [-0.4, -0.2) is 23.8 Å². The van der Waals surface area contributed by atoms with Crippen LogP contribution in [0.5, 0.6) is 0 Å². The molecule has 0 unspecified atom stereocenters. The van der Waals surface area contributed by atoms with Gasteiger partial charge in [0.15, 0.2) is 5.78 Å². The predicted octanol–water partition coefficient (Wildman–Crippen LogP) is 4.05. The second-order valence-corrected chi connectivity index (χ2v) is 6.38. The van der Waals surface area contributed by atoms with Crippen LogP contribution in [0.4, 0.5) is 0 Å². The summed E-state index contributed by atoms with van der Waals surface area (Å²) >= 11 is 0. The van der Waals surface area contributed by atoms with E-state index >= 15 is 0 Å². The number of Topliss-reactive ketones (excluding diaryl/α,β-unsaturated/α-hetero) is 1. The van der Waals surface area contributed by atoms with E-state index in [2.05, 4.69) is 17.0 Å². The predicted molar refractivity (Wildman–Crippen MR) is 81.9 cm³/mol. The van der Waals surface area contributed by atoms with Crippen LogP contribution in [0.15, 0.2) is 24.3 Å². The third-order valence-corrected chi connectivity index (χ3v) is 4.82. The number of ketones is 1. The van der Waals surface area contributed by atoms with Crippen molar-refractivity contribution in [3.63, 3.8) is 0 Å². The molecule has 2 nitrogen and oxygen atoms in total. The van der Waals surface area contributed by atoms with Crippen LogP contribution in [0.3, 0.4) is 0 Å². The summed E-state index contributed by atoms with van der Waals surface area (Å²) in [5.74, 6) is 0.662. The van der Waals surface area contributed by atoms with Gasteiger partial charge in [-0.2, -0.15) is 0 Å². The lowest BCUT2D eigenvalue weighted by atomic mass is 9.95. The number of piperidine rings is 1. The lowest BCUT2D eigenvalue weighted by Crippen LogP contribution is -2.29. The molecule has 20 heavy (non-hydrogen) atoms. The quantitative estimate of drug-likeness (QED) is 0.770. The van der Waals surface area contributed by atoms with Gasteiger partial charge in [-0.15, -0.1) is 0 Å². The highest BCUT2D eigenvalue weighted by molar-refractivity contribution is 5.98. The Hall–Kier alpha value is -1.15. The number of hydrogen-bond acceptors (Lipinski definition) is 2. The number of rotatable bonds is 4. The molecule has 0 spiro atoms. The second-order valence-electron chi connectivity index (χ2n) is 6.38. The van der Waals surface area contributed by atoms with E-state index in [1.54, 1.807) is 0 Å². The van der Waals surface area contributed by atoms with Gasteiger partial charge in [0.2, 0.25) is 0 Å². The molecule has 1 aromatic carbocycles. The van der Waals surface area contributed by atoms with Crippen molar-refractivity contribution in [3.8, 4) is 0 Å². The first-order valence-corrected chi connectivity index (χ1v) is 8.18. The van der Waals surface area contributed by atoms with Gasteiger partial charge in [-0.25, -0.2) is 0 Å². The number of carbonyl (C=O) groups is 1. The minimum Gasteiger partial charge on any atom is -0.299 e. The van der Waals surface area contributed by atoms with Crippen molar-refractivity contribution in [2.75, 3.05) is 13.1 Å². The van der Waals surface area contributed by atoms with E-state index in [9.17, 15) is 4.79 Å². The topological polar surface area (TPSA) is 20.3 Å². The number of benzene rings is 1. The molecule has 1 aromatic rings. The second kappa shape index (κ2) is 6.53. The van der Waals surface area contributed by atoms with Crippen molar-refractivity contribution in [1.82, 2.24) is 4.90 Å². The molecule has 3 rings (SSSR count). The average molecular weight is 271 g/mol. The van der Waals surface area contributed by atoms with Gasteiger partial charge in [0.1, 0.15) is 0 Å². The maximum atomic E-state index is 12.3. The number of carbonyl (C=O) groups excluding carboxylic acids is 1. The van der Waals surface area contributed by atoms with Gasteiger partial charge in [-0.1, -0.05) is 43.5 Å². The van der Waals surface area contributed by atoms with Gasteiger partial charge in [0, 0.05) is 18.0 Å². The van der Waals surface area contributed by atoms with Crippen LogP contribution in [0, 0.1) is 5.92 Å². The van der Waals surface area contributed by atoms with E-state index in [1.165, 1.54) is 50.8 Å². The van der Waals surface area contributed by atoms with Crippen LogP contribution in [0.1, 0.15) is 60.9 Å². The monoisotopic (exact) mass is 271 g/mol. The van der Waals surface area contributed by atoms with Gasteiger partial charge in [0.25, 0.3) is 0 Å². The Morgan fingerprint density at radius 1 is 0.950 bits per heavy atom. The van der Waals surface area contributed by atoms with Crippen LogP contribution in [0.25, 0.3) is 0 Å². The van der Waals surface area contributed by atoms with E-state index in [1.807, 2.05) is 12.1 Å². The summed E-state index contributed by atoms with van der Waals surface area (Å²) in [6, 6.07) is 8.38. The van der Waals surface area contributed by atoms with E-state index in [0.29, 0.717) is 11.7 Å². The van der Waals surface area contributed by atoms with Gasteiger partial charge in [-0.3, -0.25) is 9.69 Å². The summed E-state index contributed by atoms with van der Waals surface area (Å²) in [7, 11) is 0. The summed E-state index contributed by atoms with van der Waals surface area (Å²) in [5.41, 5.74) is 2.26. The maximum absolute atomic E-state index is 12.3. The Morgan fingerprint density at radius 2 is 1.60 bits per heavy atom. The Labute approximate surface area is 122 Å². The molecule has 0 aromatic heterocycles. The fourth-order valence-electron chi connectivity index (χ4n) is 3.57. The van der Waals surface area contributed by atoms with Gasteiger partial charge < -0.3 is 0 Å². The molecule has 1 saturated heterocycles. The molecular formula is C18H25NO. The molecule has 2 aliphatic rings. The lowest BCUT2D eigenvalue weighted by molar-refractivity contribution is 0.0923. The van der Waals surface area contributed by atoms with Crippen LogP contribution >= 0.6 is 0 Å². The van der Waals surface area contributed by atoms with Crippen molar-refractivity contribution < 1.29 is 4.79 Å². The number of nitrogens with zero attached hydrogens (tertiary/aromatic N) is 1. The number of hydrogen-bond donors (Lipinski definition) is 0. The van der Waals surface area contributed by atoms with E-state index in [4.69, 9.17) is 0 Å². The van der Waals surface area contributed by atoms with Crippen molar-refractivity contribution in [3.05, 3.63) is 35.4 Å². The van der Waals surface area contributed by atoms with Crippen molar-refractivity contribution in [1.29, 1.82) is 0 Å². The standard InChI is InChI=1S/C18H25NO/c20-18(16-6-2-3-7-16)17-10-8-15(9-11-17)14-19-12-4-1-5-13-19/h8-11,16H,1-7,12-14H2. The molecule has 108 valence electrons. The highest BCUT2D eigenvalue weighted by atomic mass is 16.1. The third-order valence-electron chi connectivity index (χ3n) is 4.82. The van der Waals surface area contributed by atoms with Gasteiger partial charge >= 0.3 is 0 Å². The summed E-state index contributed by atoms with van der Waals surface area (Å²) in [6.45, 7) is 3.49. The van der Waals surface area contributed by atoms with Gasteiger partial charge in [0.05, 0.1) is 0 Å². The number of likely N-dealkylation sites (tertiary alicyclic amines) is 1. The Morgan fingerprint density at radius 3 is 2.25 bits per heavy atom. The first-order valence-electron chi connectivity index (χ1n) is 8.18. The molecular weight excluding hydrogens is 246 g/mol. The third kappa shape index (κ3) is 3.29. The molecule has 0 bridgehead atoms. The molecule has 2 heteroatoms. The Bertz CT molecular complexity index is 439. The molecule has 1 heterocycles. The fourth-order valence-corrected chi connectivity index (χ4v) is 3.57. The van der Waals surface area contributed by atoms with Crippen LogP contribution in [0.2, 0.25) is 0 Å². The normalized spacial score (nSPS) is 21.2. The summed E-state index contributed by atoms with van der Waals surface area (Å²) in [4.78, 5) is 14.9. The van der Waals surface area contributed by atoms with Crippen molar-refractivity contribution in [2.24, 2.45) is 5.92 Å². The summed E-state index contributed by atoms with van der Waals surface area (Å²) < 4.78 is 0.